The number of allylic oxidation sites excluding steroid dienone is 1. The van der Waals surface area contributed by atoms with Crippen LogP contribution >= 0.6 is 38.0 Å². The molecule has 48 heavy (non-hydrogen) atoms. The molecule has 3 N–H and O–H groups in total. The Bertz CT molecular complexity index is 1100. The Balaban J connectivity index is -0.0000000531. The fourth-order valence-electron chi connectivity index (χ4n) is 2.02. The van der Waals surface area contributed by atoms with Gasteiger partial charge in [-0.3, -0.25) is 8.88 Å². The van der Waals surface area contributed by atoms with Gasteiger partial charge in [0.25, 0.3) is 7.82 Å². The molecular formula is C19H36Na7O17P5. The topological polar surface area (TPSA) is 326 Å². The average molecular weight is 852 g/mol. The molecule has 4 unspecified atom stereocenters. The van der Waals surface area contributed by atoms with Crippen LogP contribution in [0.5, 0.6) is 0 Å². The van der Waals surface area contributed by atoms with Gasteiger partial charge in [-0.2, -0.15) is 0 Å². The maximum absolute atomic E-state index is 11.1. The predicted octanol–water partition coefficient (Wildman–Crippen LogP) is -23.3. The fourth-order valence-corrected chi connectivity index (χ4v) is 7.74. The van der Waals surface area contributed by atoms with Crippen molar-refractivity contribution in [1.29, 1.82) is 0 Å². The third kappa shape index (κ3) is 64.8. The first-order valence-electron chi connectivity index (χ1n) is 11.3. The number of hydrogen-bond donors (Lipinski definition) is 3. The van der Waals surface area contributed by atoms with E-state index in [1.165, 1.54) is 6.92 Å². The van der Waals surface area contributed by atoms with Crippen molar-refractivity contribution in [2.24, 2.45) is 0 Å². The van der Waals surface area contributed by atoms with Crippen LogP contribution in [0.15, 0.2) is 36.0 Å². The monoisotopic (exact) mass is 852 g/mol. The molecule has 0 saturated heterocycles. The van der Waals surface area contributed by atoms with Gasteiger partial charge in [-0.1, -0.05) is 45.6 Å². The first-order chi connectivity index (χ1) is 18.2. The second-order valence-electron chi connectivity index (χ2n) is 8.56. The van der Waals surface area contributed by atoms with Crippen LogP contribution in [0.1, 0.15) is 33.1 Å². The van der Waals surface area contributed by atoms with Gasteiger partial charge in [0.2, 0.25) is 0 Å². The van der Waals surface area contributed by atoms with Crippen LogP contribution in [0.3, 0.4) is 0 Å². The van der Waals surface area contributed by atoms with Crippen molar-refractivity contribution in [3.05, 3.63) is 36.0 Å². The van der Waals surface area contributed by atoms with Crippen molar-refractivity contribution in [3.8, 4) is 0 Å². The summed E-state index contributed by atoms with van der Waals surface area (Å²) >= 11 is 0. The summed E-state index contributed by atoms with van der Waals surface area (Å²) in [6.45, 7) is 9.90. The maximum atomic E-state index is 11.1. The van der Waals surface area contributed by atoms with E-state index in [-0.39, 0.29) is 252 Å². The molecule has 246 valence electrons. The first-order valence-corrected chi connectivity index (χ1v) is 20.2. The molecule has 0 fully saturated rings. The van der Waals surface area contributed by atoms with Gasteiger partial charge in [0.1, 0.15) is 7.60 Å². The summed E-state index contributed by atoms with van der Waals surface area (Å²) in [7, 11) is -22.9. The Labute approximate surface area is 438 Å². The van der Waals surface area contributed by atoms with Gasteiger partial charge in [0.05, 0.1) is 25.9 Å². The minimum Gasteiger partial charge on any atom is -0.811 e. The largest absolute Gasteiger partial charge is 1.00 e. The Morgan fingerprint density at radius 1 is 0.771 bits per heavy atom. The van der Waals surface area contributed by atoms with Crippen molar-refractivity contribution in [1.82, 2.24) is 0 Å². The summed E-state index contributed by atoms with van der Waals surface area (Å²) in [5, 5.41) is 26.2. The van der Waals surface area contributed by atoms with E-state index in [1.807, 2.05) is 0 Å². The van der Waals surface area contributed by atoms with Gasteiger partial charge in [0.15, 0.2) is 0 Å². The van der Waals surface area contributed by atoms with E-state index in [2.05, 4.69) is 22.0 Å². The third-order valence-corrected chi connectivity index (χ3v) is 11.4. The zero-order valence-electron chi connectivity index (χ0n) is 29.7. The molecular weight excluding hydrogens is 816 g/mol. The van der Waals surface area contributed by atoms with E-state index in [4.69, 9.17) is 10.2 Å². The number of rotatable bonds is 17. The summed E-state index contributed by atoms with van der Waals surface area (Å²) in [5.74, 6) is -1.37. The van der Waals surface area contributed by atoms with Gasteiger partial charge in [-0.15, -0.1) is 0 Å². The van der Waals surface area contributed by atoms with E-state index < -0.39 is 56.1 Å². The molecule has 0 radical (unpaired) electrons. The Kier molecular flexibility index (Phi) is 67.0. The molecule has 0 aromatic rings. The number of phosphoric ester groups is 1. The van der Waals surface area contributed by atoms with Crippen LogP contribution in [0, 0.1) is 0 Å². The standard InChI is InChI=1S/C7H16O6P2.C6H14O7P2.C6H13O4P.7Na/c1-6(2)7(8)3-4-14(9,10)5-15(11,12)13;1-6(5-7)3-4-12-15(10,11)13-14(2,8)9;1-6(5-7)3-2-4-11(8,9)10;;;;;;;/h7-8H,1,3-5H2,2H3,(H,9,10)(H2,11,12,13);7H,1,3-5H2,2H3,(H,8,9)(H,10,11);3,7H,2,4-5H2,1H3,(H2,8,9,10);;;;;;;/q;;;7*+1/p-7. The minimum atomic E-state index is -5.05. The number of hydrogen-bond acceptors (Lipinski definition) is 17. The molecule has 0 amide bonds. The zero-order valence-corrected chi connectivity index (χ0v) is 48.2. The van der Waals surface area contributed by atoms with Gasteiger partial charge in [0, 0.05) is 19.9 Å². The summed E-state index contributed by atoms with van der Waals surface area (Å²) in [6, 6.07) is 0. The normalized spacial score (nSPS) is 14.8. The third-order valence-electron chi connectivity index (χ3n) is 4.02. The Morgan fingerprint density at radius 3 is 1.52 bits per heavy atom. The van der Waals surface area contributed by atoms with E-state index >= 15 is 0 Å². The summed E-state index contributed by atoms with van der Waals surface area (Å²) in [5.41, 5.74) is 1.44. The van der Waals surface area contributed by atoms with Crippen LogP contribution in [-0.2, 0) is 31.7 Å². The fraction of sp³-hybridized carbons (Fsp3) is 0.684. The van der Waals surface area contributed by atoms with Gasteiger partial charge in [-0.05, 0) is 51.0 Å². The molecule has 0 rings (SSSR count). The van der Waals surface area contributed by atoms with Crippen molar-refractivity contribution < 1.29 is 288 Å². The summed E-state index contributed by atoms with van der Waals surface area (Å²) in [6.07, 6.45) is -0.196. The van der Waals surface area contributed by atoms with Crippen molar-refractivity contribution >= 4 is 38.0 Å². The number of aliphatic hydroxyl groups excluding tert-OH is 3. The van der Waals surface area contributed by atoms with E-state index in [1.54, 1.807) is 13.0 Å². The smallest absolute Gasteiger partial charge is 0.811 e. The van der Waals surface area contributed by atoms with Crippen LogP contribution < -0.4 is 241 Å². The van der Waals surface area contributed by atoms with E-state index in [0.29, 0.717) is 23.4 Å². The molecule has 0 aromatic carbocycles. The SMILES string of the molecule is C=C(C)C(O)CCP(=O)([O-])CP(=O)([O-])[O-].C=C(CO)CCOP(=O)([O-])OP(C)(=O)[O-].CC(=CCCP(=O)([O-])[O-])CO.[Na+].[Na+].[Na+].[Na+].[Na+].[Na+].[Na+]. The molecule has 0 bridgehead atoms. The molecule has 4 atom stereocenters. The van der Waals surface area contributed by atoms with Crippen LogP contribution in [-0.4, -0.2) is 66.1 Å². The Hall–Kier alpha value is 6.89. The van der Waals surface area contributed by atoms with Crippen molar-refractivity contribution in [2.75, 3.05) is 44.7 Å². The second-order valence-corrected chi connectivity index (χ2v) is 18.0. The molecule has 0 aliphatic rings. The quantitative estimate of drug-likeness (QED) is 0.0695. The molecule has 0 aliphatic heterocycles. The second kappa shape index (κ2) is 40.7. The summed E-state index contributed by atoms with van der Waals surface area (Å²) < 4.78 is 60.7. The van der Waals surface area contributed by atoms with Crippen molar-refractivity contribution in [3.63, 3.8) is 0 Å². The van der Waals surface area contributed by atoms with E-state index in [9.17, 15) is 62.2 Å². The summed E-state index contributed by atoms with van der Waals surface area (Å²) in [4.78, 5) is 73.1. The van der Waals surface area contributed by atoms with Crippen LogP contribution in [0.2, 0.25) is 0 Å². The number of phosphoric acid groups is 1. The average Bonchev–Trinajstić information content (AvgIpc) is 2.73. The predicted molar refractivity (Wildman–Crippen MR) is 137 cm³/mol. The Morgan fingerprint density at radius 2 is 1.21 bits per heavy atom. The zero-order chi connectivity index (χ0) is 33.3. The van der Waals surface area contributed by atoms with Gasteiger partial charge < -0.3 is 72.4 Å². The van der Waals surface area contributed by atoms with Gasteiger partial charge in [-0.25, -0.2) is 0 Å². The van der Waals surface area contributed by atoms with Crippen molar-refractivity contribution in [2.45, 2.75) is 39.2 Å². The molecule has 29 heteroatoms. The molecule has 0 heterocycles. The maximum Gasteiger partial charge on any atom is 1.00 e. The molecule has 17 nitrogen and oxygen atoms in total. The number of aliphatic hydroxyl groups is 3. The van der Waals surface area contributed by atoms with E-state index in [0.717, 1.165) is 0 Å². The van der Waals surface area contributed by atoms with Crippen LogP contribution in [0.4, 0.5) is 0 Å². The molecule has 0 aliphatic carbocycles. The first kappa shape index (κ1) is 79.1. The van der Waals surface area contributed by atoms with Gasteiger partial charge >= 0.3 is 207 Å². The molecule has 0 aromatic heterocycles. The minimum absolute atomic E-state index is 0. The van der Waals surface area contributed by atoms with Crippen LogP contribution in [0.25, 0.3) is 0 Å². The molecule has 0 saturated carbocycles. The molecule has 0 spiro atoms.